The lowest BCUT2D eigenvalue weighted by atomic mass is 10.6. The molecule has 0 aliphatic carbocycles. The Balaban J connectivity index is 3.10. The van der Waals surface area contributed by atoms with Gasteiger partial charge in [0, 0.05) is 20.8 Å². The second-order valence-corrected chi connectivity index (χ2v) is 2.66. The molecule has 6 heteroatoms. The van der Waals surface area contributed by atoms with Crippen molar-refractivity contribution < 1.29 is 23.7 Å². The van der Waals surface area contributed by atoms with Crippen molar-refractivity contribution in [3.8, 4) is 0 Å². The Morgan fingerprint density at radius 1 is 1.00 bits per heavy atom. The Kier molecular flexibility index (Phi) is 10.6. The first-order valence-corrected chi connectivity index (χ1v) is 4.77. The second-order valence-electron chi connectivity index (χ2n) is 2.66. The van der Waals surface area contributed by atoms with E-state index in [9.17, 15) is 4.79 Å². The fourth-order valence-electron chi connectivity index (χ4n) is 0.738. The van der Waals surface area contributed by atoms with Crippen molar-refractivity contribution in [1.82, 2.24) is 5.32 Å². The van der Waals surface area contributed by atoms with Gasteiger partial charge in [0.05, 0.1) is 26.4 Å². The molecule has 0 fully saturated rings. The highest BCUT2D eigenvalue weighted by Crippen LogP contribution is 1.79. The van der Waals surface area contributed by atoms with Gasteiger partial charge in [-0.15, -0.1) is 0 Å². The lowest BCUT2D eigenvalue weighted by Gasteiger charge is -2.06. The molecule has 0 unspecified atom stereocenters. The van der Waals surface area contributed by atoms with E-state index in [0.717, 1.165) is 0 Å². The van der Waals surface area contributed by atoms with Crippen molar-refractivity contribution in [2.45, 2.75) is 0 Å². The van der Waals surface area contributed by atoms with Crippen LogP contribution in [0.3, 0.4) is 0 Å². The quantitative estimate of drug-likeness (QED) is 0.556. The number of carbonyl (C=O) groups is 1. The number of alkyl carbamates (subject to hydrolysis) is 1. The first-order valence-electron chi connectivity index (χ1n) is 4.77. The maximum Gasteiger partial charge on any atom is 0.407 e. The highest BCUT2D eigenvalue weighted by molar-refractivity contribution is 5.66. The maximum atomic E-state index is 10.9. The molecular formula is C9H19NO5. The van der Waals surface area contributed by atoms with Crippen LogP contribution in [0.2, 0.25) is 0 Å². The molecule has 0 aromatic carbocycles. The van der Waals surface area contributed by atoms with Crippen molar-refractivity contribution in [1.29, 1.82) is 0 Å². The normalized spacial score (nSPS) is 10.0. The third-order valence-electron chi connectivity index (χ3n) is 1.47. The van der Waals surface area contributed by atoms with Crippen molar-refractivity contribution in [3.05, 3.63) is 0 Å². The third kappa shape index (κ3) is 11.1. The lowest BCUT2D eigenvalue weighted by molar-refractivity contribution is 0.0684. The Bertz CT molecular complexity index is 153. The second kappa shape index (κ2) is 11.2. The van der Waals surface area contributed by atoms with Gasteiger partial charge in [-0.2, -0.15) is 0 Å². The number of amides is 1. The van der Waals surface area contributed by atoms with E-state index in [4.69, 9.17) is 18.9 Å². The Hall–Kier alpha value is -0.850. The molecule has 0 aromatic heterocycles. The van der Waals surface area contributed by atoms with Crippen LogP contribution in [0.5, 0.6) is 0 Å². The predicted molar refractivity (Wildman–Crippen MR) is 53.9 cm³/mol. The summed E-state index contributed by atoms with van der Waals surface area (Å²) < 4.78 is 19.4. The Morgan fingerprint density at radius 2 is 1.67 bits per heavy atom. The van der Waals surface area contributed by atoms with E-state index in [-0.39, 0.29) is 6.61 Å². The summed E-state index contributed by atoms with van der Waals surface area (Å²) >= 11 is 0. The van der Waals surface area contributed by atoms with Crippen LogP contribution in [0.1, 0.15) is 0 Å². The molecular weight excluding hydrogens is 202 g/mol. The topological polar surface area (TPSA) is 66.0 Å². The van der Waals surface area contributed by atoms with Crippen LogP contribution in [-0.4, -0.2) is 59.9 Å². The molecule has 0 atom stereocenters. The van der Waals surface area contributed by atoms with Gasteiger partial charge in [0.2, 0.25) is 0 Å². The minimum Gasteiger partial charge on any atom is -0.447 e. The first kappa shape index (κ1) is 14.2. The fraction of sp³-hybridized carbons (Fsp3) is 0.889. The van der Waals surface area contributed by atoms with Crippen LogP contribution in [0.15, 0.2) is 0 Å². The average molecular weight is 221 g/mol. The summed E-state index contributed by atoms with van der Waals surface area (Å²) in [4.78, 5) is 10.9. The average Bonchev–Trinajstić information content (AvgIpc) is 2.23. The van der Waals surface area contributed by atoms with Gasteiger partial charge in [0.25, 0.3) is 0 Å². The molecule has 0 heterocycles. The molecule has 0 saturated heterocycles. The largest absolute Gasteiger partial charge is 0.447 e. The van der Waals surface area contributed by atoms with E-state index in [0.29, 0.717) is 33.0 Å². The standard InChI is InChI=1S/C9H19NO5/c1-12-5-7-14-4-3-10-9(11)15-8-6-13-2/h3-8H2,1-2H3,(H,10,11). The van der Waals surface area contributed by atoms with Gasteiger partial charge >= 0.3 is 6.09 Å². The van der Waals surface area contributed by atoms with E-state index in [2.05, 4.69) is 5.32 Å². The summed E-state index contributed by atoms with van der Waals surface area (Å²) in [6.45, 7) is 2.61. The van der Waals surface area contributed by atoms with E-state index in [1.54, 1.807) is 14.2 Å². The summed E-state index contributed by atoms with van der Waals surface area (Å²) in [5.74, 6) is 0. The fourth-order valence-corrected chi connectivity index (χ4v) is 0.738. The maximum absolute atomic E-state index is 10.9. The van der Waals surface area contributed by atoms with Gasteiger partial charge in [-0.25, -0.2) is 4.79 Å². The van der Waals surface area contributed by atoms with Gasteiger partial charge in [-0.1, -0.05) is 0 Å². The molecule has 0 aliphatic heterocycles. The number of methoxy groups -OCH3 is 2. The number of rotatable bonds is 9. The molecule has 0 rings (SSSR count). The zero-order valence-electron chi connectivity index (χ0n) is 9.28. The van der Waals surface area contributed by atoms with Gasteiger partial charge < -0.3 is 24.3 Å². The zero-order chi connectivity index (χ0) is 11.4. The molecule has 0 aliphatic rings. The molecule has 90 valence electrons. The summed E-state index contributed by atoms with van der Waals surface area (Å²) in [7, 11) is 3.15. The molecule has 15 heavy (non-hydrogen) atoms. The Morgan fingerprint density at radius 3 is 2.33 bits per heavy atom. The van der Waals surface area contributed by atoms with Gasteiger partial charge in [-0.05, 0) is 0 Å². The number of carbonyl (C=O) groups excluding carboxylic acids is 1. The zero-order valence-corrected chi connectivity index (χ0v) is 9.28. The van der Waals surface area contributed by atoms with Crippen LogP contribution < -0.4 is 5.32 Å². The number of hydrogen-bond acceptors (Lipinski definition) is 5. The number of hydrogen-bond donors (Lipinski definition) is 1. The van der Waals surface area contributed by atoms with Crippen LogP contribution >= 0.6 is 0 Å². The first-order chi connectivity index (χ1) is 7.31. The van der Waals surface area contributed by atoms with Crippen molar-refractivity contribution >= 4 is 6.09 Å². The molecule has 0 saturated carbocycles. The number of nitrogens with one attached hydrogen (secondary N) is 1. The summed E-state index contributed by atoms with van der Waals surface area (Å²) in [6, 6.07) is 0. The molecule has 1 N–H and O–H groups in total. The molecule has 0 bridgehead atoms. The summed E-state index contributed by atoms with van der Waals surface area (Å²) in [6.07, 6.45) is -0.456. The van der Waals surface area contributed by atoms with E-state index < -0.39 is 6.09 Å². The number of ether oxygens (including phenoxy) is 4. The van der Waals surface area contributed by atoms with Gasteiger partial charge in [-0.3, -0.25) is 0 Å². The Labute approximate surface area is 89.8 Å². The monoisotopic (exact) mass is 221 g/mol. The van der Waals surface area contributed by atoms with Crippen LogP contribution in [0, 0.1) is 0 Å². The molecule has 0 radical (unpaired) electrons. The summed E-state index contributed by atoms with van der Waals surface area (Å²) in [5.41, 5.74) is 0. The van der Waals surface area contributed by atoms with Crippen LogP contribution in [0.25, 0.3) is 0 Å². The van der Waals surface area contributed by atoms with E-state index in [1.807, 2.05) is 0 Å². The highest BCUT2D eigenvalue weighted by atomic mass is 16.6. The minimum atomic E-state index is -0.456. The molecule has 1 amide bonds. The third-order valence-corrected chi connectivity index (χ3v) is 1.47. The van der Waals surface area contributed by atoms with Crippen molar-refractivity contribution in [2.75, 3.05) is 53.8 Å². The summed E-state index contributed by atoms with van der Waals surface area (Å²) in [5, 5.41) is 2.54. The van der Waals surface area contributed by atoms with Crippen molar-refractivity contribution in [3.63, 3.8) is 0 Å². The van der Waals surface area contributed by atoms with Crippen LogP contribution in [0.4, 0.5) is 4.79 Å². The minimum absolute atomic E-state index is 0.257. The smallest absolute Gasteiger partial charge is 0.407 e. The highest BCUT2D eigenvalue weighted by Gasteiger charge is 1.99. The van der Waals surface area contributed by atoms with E-state index in [1.165, 1.54) is 0 Å². The van der Waals surface area contributed by atoms with E-state index >= 15 is 0 Å². The molecule has 0 aromatic rings. The predicted octanol–water partition coefficient (Wildman–Crippen LogP) is 0.0220. The SMILES string of the molecule is COCCOCCNC(=O)OCCOC. The molecule has 0 spiro atoms. The van der Waals surface area contributed by atoms with Gasteiger partial charge in [0.1, 0.15) is 6.61 Å². The lowest BCUT2D eigenvalue weighted by Crippen LogP contribution is -2.29. The molecule has 6 nitrogen and oxygen atoms in total. The van der Waals surface area contributed by atoms with Crippen LogP contribution in [-0.2, 0) is 18.9 Å². The van der Waals surface area contributed by atoms with Gasteiger partial charge in [0.15, 0.2) is 0 Å². The van der Waals surface area contributed by atoms with Crippen molar-refractivity contribution in [2.24, 2.45) is 0 Å².